The van der Waals surface area contributed by atoms with E-state index in [0.29, 0.717) is 0 Å². The van der Waals surface area contributed by atoms with Crippen LogP contribution >= 0.6 is 11.8 Å². The molecule has 1 heterocycles. The number of rotatable bonds is 6. The van der Waals surface area contributed by atoms with Gasteiger partial charge in [0.2, 0.25) is 11.8 Å². The summed E-state index contributed by atoms with van der Waals surface area (Å²) in [6, 6.07) is -1.05. The van der Waals surface area contributed by atoms with Crippen molar-refractivity contribution in [1.29, 1.82) is 0 Å². The molecule has 22 heavy (non-hydrogen) atoms. The van der Waals surface area contributed by atoms with E-state index < -0.39 is 35.4 Å². The summed E-state index contributed by atoms with van der Waals surface area (Å²) in [5.74, 6) is -2.60. The Balaban J connectivity index is 2.52. The van der Waals surface area contributed by atoms with Crippen molar-refractivity contribution >= 4 is 35.5 Å². The van der Waals surface area contributed by atoms with Gasteiger partial charge in [0.25, 0.3) is 0 Å². The number of carbonyl (C=O) groups excluding carboxylic acids is 3. The van der Waals surface area contributed by atoms with E-state index in [-0.39, 0.29) is 24.0 Å². The van der Waals surface area contributed by atoms with Gasteiger partial charge in [-0.25, -0.2) is 4.79 Å². The fourth-order valence-electron chi connectivity index (χ4n) is 1.97. The van der Waals surface area contributed by atoms with Gasteiger partial charge in [0.1, 0.15) is 6.04 Å². The number of ether oxygens (including phenoxy) is 1. The highest BCUT2D eigenvalue weighted by atomic mass is 32.2. The molecule has 9 heteroatoms. The van der Waals surface area contributed by atoms with Crippen LogP contribution in [0.2, 0.25) is 0 Å². The number of amides is 2. The van der Waals surface area contributed by atoms with Crippen LogP contribution in [-0.4, -0.2) is 62.9 Å². The SMILES string of the molecule is CC(C)(C)N1C(=O)CC(SC[C@H](N)C(=O)OCC(=O)O)C1=O. The van der Waals surface area contributed by atoms with Crippen molar-refractivity contribution in [2.45, 2.75) is 44.0 Å². The molecule has 3 N–H and O–H groups in total. The fourth-order valence-corrected chi connectivity index (χ4v) is 3.05. The van der Waals surface area contributed by atoms with Gasteiger partial charge in [-0.05, 0) is 20.8 Å². The zero-order chi connectivity index (χ0) is 17.1. The highest BCUT2D eigenvalue weighted by Gasteiger charge is 2.44. The highest BCUT2D eigenvalue weighted by Crippen LogP contribution is 2.30. The normalized spacial score (nSPS) is 20.2. The number of esters is 1. The lowest BCUT2D eigenvalue weighted by Gasteiger charge is -2.30. The van der Waals surface area contributed by atoms with E-state index >= 15 is 0 Å². The van der Waals surface area contributed by atoms with E-state index in [1.165, 1.54) is 4.90 Å². The smallest absolute Gasteiger partial charge is 0.341 e. The molecule has 1 rings (SSSR count). The minimum atomic E-state index is -1.27. The van der Waals surface area contributed by atoms with Crippen molar-refractivity contribution in [3.63, 3.8) is 0 Å². The van der Waals surface area contributed by atoms with E-state index in [2.05, 4.69) is 4.74 Å². The van der Waals surface area contributed by atoms with Crippen LogP contribution < -0.4 is 5.73 Å². The van der Waals surface area contributed by atoms with E-state index in [1.54, 1.807) is 20.8 Å². The average molecular weight is 332 g/mol. The molecule has 1 unspecified atom stereocenters. The van der Waals surface area contributed by atoms with Crippen LogP contribution in [-0.2, 0) is 23.9 Å². The number of nitrogens with two attached hydrogens (primary N) is 1. The number of aliphatic carboxylic acids is 1. The van der Waals surface area contributed by atoms with Gasteiger partial charge in [0.05, 0.1) is 5.25 Å². The molecule has 1 aliphatic rings. The molecule has 1 fully saturated rings. The summed E-state index contributed by atoms with van der Waals surface area (Å²) in [5.41, 5.74) is 4.99. The number of carboxylic acids is 1. The summed E-state index contributed by atoms with van der Waals surface area (Å²) < 4.78 is 4.46. The second-order valence-corrected chi connectivity index (χ2v) is 7.11. The number of hydrogen-bond acceptors (Lipinski definition) is 7. The highest BCUT2D eigenvalue weighted by molar-refractivity contribution is 8.00. The Morgan fingerprint density at radius 3 is 2.50 bits per heavy atom. The predicted molar refractivity (Wildman–Crippen MR) is 79.0 cm³/mol. The molecule has 1 saturated heterocycles. The third-order valence-corrected chi connectivity index (χ3v) is 4.22. The summed E-state index contributed by atoms with van der Waals surface area (Å²) in [4.78, 5) is 47.1. The Morgan fingerprint density at radius 2 is 2.05 bits per heavy atom. The van der Waals surface area contributed by atoms with Crippen molar-refractivity contribution in [2.75, 3.05) is 12.4 Å². The monoisotopic (exact) mass is 332 g/mol. The number of nitrogens with zero attached hydrogens (tertiary/aromatic N) is 1. The maximum Gasteiger partial charge on any atom is 0.341 e. The lowest BCUT2D eigenvalue weighted by atomic mass is 10.1. The summed E-state index contributed by atoms with van der Waals surface area (Å²) in [6.07, 6.45) is 0.0671. The number of carboxylic acid groups (broad SMARTS) is 1. The first-order valence-electron chi connectivity index (χ1n) is 6.66. The first kappa shape index (κ1) is 18.4. The van der Waals surface area contributed by atoms with Gasteiger partial charge >= 0.3 is 11.9 Å². The molecule has 0 saturated carbocycles. The molecular formula is C13H20N2O6S. The zero-order valence-electron chi connectivity index (χ0n) is 12.7. The van der Waals surface area contributed by atoms with Gasteiger partial charge in [-0.3, -0.25) is 19.3 Å². The molecule has 8 nitrogen and oxygen atoms in total. The molecule has 0 aromatic heterocycles. The Labute approximate surface area is 132 Å². The number of hydrogen-bond donors (Lipinski definition) is 2. The van der Waals surface area contributed by atoms with Crippen LogP contribution in [0.15, 0.2) is 0 Å². The third-order valence-electron chi connectivity index (χ3n) is 2.89. The summed E-state index contributed by atoms with van der Waals surface area (Å²) in [6.45, 7) is 4.55. The Bertz CT molecular complexity index is 487. The van der Waals surface area contributed by atoms with Crippen molar-refractivity contribution in [1.82, 2.24) is 4.90 Å². The summed E-state index contributed by atoms with van der Waals surface area (Å²) in [7, 11) is 0. The minimum Gasteiger partial charge on any atom is -0.479 e. The standard InChI is InChI=1S/C13H20N2O6S/c1-13(2,3)15-9(16)4-8(11(15)19)22-6-7(14)12(20)21-5-10(17)18/h7-8H,4-6,14H2,1-3H3,(H,17,18)/t7-,8?/m0/s1. The largest absolute Gasteiger partial charge is 0.479 e. The van der Waals surface area contributed by atoms with Crippen molar-refractivity contribution < 1.29 is 29.0 Å². The van der Waals surface area contributed by atoms with Gasteiger partial charge in [-0.2, -0.15) is 0 Å². The number of carbonyl (C=O) groups is 4. The molecule has 1 aliphatic heterocycles. The van der Waals surface area contributed by atoms with Crippen LogP contribution in [0.3, 0.4) is 0 Å². The van der Waals surface area contributed by atoms with Crippen LogP contribution in [0.4, 0.5) is 0 Å². The molecule has 2 atom stereocenters. The number of likely N-dealkylation sites (tertiary alicyclic amines) is 1. The van der Waals surface area contributed by atoms with Crippen LogP contribution in [0.1, 0.15) is 27.2 Å². The first-order chi connectivity index (χ1) is 10.0. The van der Waals surface area contributed by atoms with Gasteiger partial charge < -0.3 is 15.6 Å². The predicted octanol–water partition coefficient (Wildman–Crippen LogP) is -0.399. The number of imide groups is 1. The molecule has 0 aromatic rings. The van der Waals surface area contributed by atoms with E-state index in [1.807, 2.05) is 0 Å². The zero-order valence-corrected chi connectivity index (χ0v) is 13.5. The van der Waals surface area contributed by atoms with Crippen LogP contribution in [0.5, 0.6) is 0 Å². The maximum absolute atomic E-state index is 12.2. The Morgan fingerprint density at radius 1 is 1.45 bits per heavy atom. The molecule has 0 bridgehead atoms. The second-order valence-electron chi connectivity index (χ2n) is 5.87. The lowest BCUT2D eigenvalue weighted by Crippen LogP contribution is -2.46. The van der Waals surface area contributed by atoms with Crippen molar-refractivity contribution in [3.8, 4) is 0 Å². The molecular weight excluding hydrogens is 312 g/mol. The van der Waals surface area contributed by atoms with Gasteiger partial charge in [-0.1, -0.05) is 0 Å². The molecule has 124 valence electrons. The second kappa shape index (κ2) is 7.10. The van der Waals surface area contributed by atoms with E-state index in [9.17, 15) is 19.2 Å². The number of thioether (sulfide) groups is 1. The van der Waals surface area contributed by atoms with Crippen LogP contribution in [0.25, 0.3) is 0 Å². The molecule has 0 aromatic carbocycles. The quantitative estimate of drug-likeness (QED) is 0.497. The first-order valence-corrected chi connectivity index (χ1v) is 7.71. The van der Waals surface area contributed by atoms with Crippen molar-refractivity contribution in [3.05, 3.63) is 0 Å². The Hall–Kier alpha value is -1.61. The van der Waals surface area contributed by atoms with Gasteiger partial charge in [-0.15, -0.1) is 11.8 Å². The molecule has 2 amide bonds. The minimum absolute atomic E-state index is 0.0671. The molecule has 0 aliphatic carbocycles. The average Bonchev–Trinajstić information content (AvgIpc) is 2.67. The van der Waals surface area contributed by atoms with Gasteiger partial charge in [0, 0.05) is 17.7 Å². The van der Waals surface area contributed by atoms with E-state index in [4.69, 9.17) is 10.8 Å². The van der Waals surface area contributed by atoms with E-state index in [0.717, 1.165) is 11.8 Å². The fraction of sp³-hybridized carbons (Fsp3) is 0.692. The van der Waals surface area contributed by atoms with Crippen molar-refractivity contribution in [2.24, 2.45) is 5.73 Å². The Kier molecular flexibility index (Phi) is 5.95. The maximum atomic E-state index is 12.2. The summed E-state index contributed by atoms with van der Waals surface area (Å²) in [5, 5.41) is 7.83. The lowest BCUT2D eigenvalue weighted by molar-refractivity contribution is -0.155. The third kappa shape index (κ3) is 4.70. The molecule has 0 radical (unpaired) electrons. The van der Waals surface area contributed by atoms with Crippen LogP contribution in [0, 0.1) is 0 Å². The summed E-state index contributed by atoms with van der Waals surface area (Å²) >= 11 is 1.10. The van der Waals surface area contributed by atoms with Gasteiger partial charge in [0.15, 0.2) is 6.61 Å². The topological polar surface area (TPSA) is 127 Å². The molecule has 0 spiro atoms.